The zero-order valence-electron chi connectivity index (χ0n) is 11.8. The molecule has 4 nitrogen and oxygen atoms in total. The Morgan fingerprint density at radius 2 is 2.05 bits per heavy atom. The molecule has 1 atom stereocenters. The normalized spacial score (nSPS) is 11.7. The van der Waals surface area contributed by atoms with Crippen LogP contribution in [0.5, 0.6) is 0 Å². The molecule has 21 heavy (non-hydrogen) atoms. The maximum absolute atomic E-state index is 12.2. The van der Waals surface area contributed by atoms with Gasteiger partial charge in [0.05, 0.1) is 9.46 Å². The van der Waals surface area contributed by atoms with E-state index in [2.05, 4.69) is 10.6 Å². The smallest absolute Gasteiger partial charge is 0.251 e. The summed E-state index contributed by atoms with van der Waals surface area (Å²) in [5.74, 6) is -0.255. The number of thioether (sulfide) groups is 1. The van der Waals surface area contributed by atoms with Crippen molar-refractivity contribution in [2.45, 2.75) is 16.4 Å². The van der Waals surface area contributed by atoms with Gasteiger partial charge < -0.3 is 10.6 Å². The van der Waals surface area contributed by atoms with E-state index in [1.54, 1.807) is 42.6 Å². The maximum atomic E-state index is 12.2. The Morgan fingerprint density at radius 3 is 2.71 bits per heavy atom. The first-order valence-electron chi connectivity index (χ1n) is 6.43. The highest BCUT2D eigenvalue weighted by molar-refractivity contribution is 8.02. The Morgan fingerprint density at radius 1 is 1.24 bits per heavy atom. The fraction of sp³-hybridized carbons (Fsp3) is 0.200. The van der Waals surface area contributed by atoms with Gasteiger partial charge in [0, 0.05) is 18.3 Å². The average Bonchev–Trinajstić information content (AvgIpc) is 2.99. The van der Waals surface area contributed by atoms with Gasteiger partial charge in [0.25, 0.3) is 5.91 Å². The summed E-state index contributed by atoms with van der Waals surface area (Å²) < 4.78 is 1.11. The number of hydrogen-bond acceptors (Lipinski definition) is 4. The molecule has 2 aromatic rings. The van der Waals surface area contributed by atoms with Crippen molar-refractivity contribution >= 4 is 40.6 Å². The Bertz CT molecular complexity index is 626. The molecule has 0 spiro atoms. The van der Waals surface area contributed by atoms with Gasteiger partial charge in [0.1, 0.15) is 0 Å². The van der Waals surface area contributed by atoms with Gasteiger partial charge in [-0.15, -0.1) is 23.1 Å². The summed E-state index contributed by atoms with van der Waals surface area (Å²) in [6.45, 7) is 1.86. The molecule has 110 valence electrons. The van der Waals surface area contributed by atoms with Crippen LogP contribution < -0.4 is 10.6 Å². The third kappa shape index (κ3) is 4.34. The molecule has 0 aliphatic carbocycles. The summed E-state index contributed by atoms with van der Waals surface area (Å²) in [5.41, 5.74) is 1.15. The fourth-order valence-corrected chi connectivity index (χ4v) is 3.63. The van der Waals surface area contributed by atoms with E-state index in [-0.39, 0.29) is 17.1 Å². The zero-order valence-corrected chi connectivity index (χ0v) is 13.4. The van der Waals surface area contributed by atoms with E-state index < -0.39 is 0 Å². The van der Waals surface area contributed by atoms with Crippen LogP contribution in [-0.4, -0.2) is 24.1 Å². The summed E-state index contributed by atoms with van der Waals surface area (Å²) in [4.78, 5) is 23.7. The second-order valence-electron chi connectivity index (χ2n) is 4.34. The van der Waals surface area contributed by atoms with Gasteiger partial charge in [0.15, 0.2) is 0 Å². The zero-order chi connectivity index (χ0) is 15.2. The first kappa shape index (κ1) is 15.6. The lowest BCUT2D eigenvalue weighted by molar-refractivity contribution is -0.115. The quantitative estimate of drug-likeness (QED) is 0.832. The van der Waals surface area contributed by atoms with E-state index in [4.69, 9.17) is 0 Å². The van der Waals surface area contributed by atoms with Crippen molar-refractivity contribution in [3.05, 3.63) is 47.3 Å². The van der Waals surface area contributed by atoms with E-state index in [1.807, 2.05) is 24.4 Å². The average molecular weight is 320 g/mol. The van der Waals surface area contributed by atoms with Crippen LogP contribution in [0.2, 0.25) is 0 Å². The summed E-state index contributed by atoms with van der Waals surface area (Å²) in [6, 6.07) is 10.8. The van der Waals surface area contributed by atoms with Crippen LogP contribution in [0.15, 0.2) is 46.0 Å². The summed E-state index contributed by atoms with van der Waals surface area (Å²) in [6.07, 6.45) is 0. The van der Waals surface area contributed by atoms with Crippen molar-refractivity contribution in [3.8, 4) is 0 Å². The molecule has 0 unspecified atom stereocenters. The van der Waals surface area contributed by atoms with Crippen LogP contribution in [0.1, 0.15) is 17.3 Å². The van der Waals surface area contributed by atoms with Crippen LogP contribution in [-0.2, 0) is 4.79 Å². The molecule has 2 amide bonds. The molecule has 0 aliphatic rings. The maximum Gasteiger partial charge on any atom is 0.251 e. The number of benzene rings is 1. The molecule has 1 aromatic heterocycles. The predicted octanol–water partition coefficient (Wildman–Crippen LogP) is 3.23. The van der Waals surface area contributed by atoms with Crippen molar-refractivity contribution < 1.29 is 9.59 Å². The lowest BCUT2D eigenvalue weighted by Crippen LogP contribution is -2.23. The number of thiophene rings is 1. The highest BCUT2D eigenvalue weighted by atomic mass is 32.2. The molecule has 2 N–H and O–H groups in total. The minimum atomic E-state index is -0.202. The molecule has 1 aromatic carbocycles. The first-order valence-corrected chi connectivity index (χ1v) is 8.19. The summed E-state index contributed by atoms with van der Waals surface area (Å²) in [7, 11) is 1.58. The molecule has 1 heterocycles. The van der Waals surface area contributed by atoms with E-state index in [0.717, 1.165) is 4.21 Å². The van der Waals surface area contributed by atoms with Gasteiger partial charge in [-0.3, -0.25) is 9.59 Å². The van der Waals surface area contributed by atoms with Crippen molar-refractivity contribution in [1.82, 2.24) is 5.32 Å². The highest BCUT2D eigenvalue weighted by Gasteiger charge is 2.15. The number of carbonyl (C=O) groups excluding carboxylic acids is 2. The molecule has 0 saturated carbocycles. The number of amides is 2. The second kappa shape index (κ2) is 7.28. The second-order valence-corrected chi connectivity index (χ2v) is 6.93. The molecule has 0 bridgehead atoms. The van der Waals surface area contributed by atoms with E-state index in [1.165, 1.54) is 11.8 Å². The van der Waals surface area contributed by atoms with Crippen LogP contribution in [0.25, 0.3) is 0 Å². The predicted molar refractivity (Wildman–Crippen MR) is 88.1 cm³/mol. The Balaban J connectivity index is 2.00. The molecular formula is C15H16N2O2S2. The van der Waals surface area contributed by atoms with Crippen molar-refractivity contribution in [2.75, 3.05) is 12.4 Å². The van der Waals surface area contributed by atoms with Crippen LogP contribution in [0, 0.1) is 0 Å². The molecule has 0 aliphatic heterocycles. The van der Waals surface area contributed by atoms with Gasteiger partial charge in [-0.25, -0.2) is 0 Å². The molecule has 0 fully saturated rings. The molecule has 6 heteroatoms. The summed E-state index contributed by atoms with van der Waals surface area (Å²) in [5, 5.41) is 7.18. The van der Waals surface area contributed by atoms with Gasteiger partial charge in [0.2, 0.25) is 5.91 Å². The first-order chi connectivity index (χ1) is 10.1. The SMILES string of the molecule is CNC(=O)c1cccc(NC(=O)[C@H](C)Sc2cccs2)c1. The number of rotatable bonds is 5. The number of anilines is 1. The minimum absolute atomic E-state index is 0.0811. The lowest BCUT2D eigenvalue weighted by Gasteiger charge is -2.11. The lowest BCUT2D eigenvalue weighted by atomic mass is 10.2. The van der Waals surface area contributed by atoms with E-state index >= 15 is 0 Å². The Hall–Kier alpha value is -1.79. The third-order valence-corrected chi connectivity index (χ3v) is 4.95. The van der Waals surface area contributed by atoms with Gasteiger partial charge in [-0.2, -0.15) is 0 Å². The molecule has 0 saturated heterocycles. The van der Waals surface area contributed by atoms with E-state index in [0.29, 0.717) is 11.3 Å². The monoisotopic (exact) mass is 320 g/mol. The highest BCUT2D eigenvalue weighted by Crippen LogP contribution is 2.28. The van der Waals surface area contributed by atoms with Gasteiger partial charge in [-0.05, 0) is 36.6 Å². The van der Waals surface area contributed by atoms with E-state index in [9.17, 15) is 9.59 Å². The van der Waals surface area contributed by atoms with Crippen molar-refractivity contribution in [1.29, 1.82) is 0 Å². The largest absolute Gasteiger partial charge is 0.355 e. The Labute approximate surface area is 131 Å². The number of nitrogens with one attached hydrogen (secondary N) is 2. The van der Waals surface area contributed by atoms with Crippen molar-refractivity contribution in [3.63, 3.8) is 0 Å². The number of hydrogen-bond donors (Lipinski definition) is 2. The van der Waals surface area contributed by atoms with Crippen LogP contribution in [0.3, 0.4) is 0 Å². The summed E-state index contributed by atoms with van der Waals surface area (Å²) >= 11 is 3.13. The number of carbonyl (C=O) groups is 2. The van der Waals surface area contributed by atoms with Gasteiger partial charge in [-0.1, -0.05) is 12.1 Å². The van der Waals surface area contributed by atoms with Gasteiger partial charge >= 0.3 is 0 Å². The molecule has 2 rings (SSSR count). The Kier molecular flexibility index (Phi) is 5.41. The standard InChI is InChI=1S/C15H16N2O2S2/c1-10(21-13-7-4-8-20-13)14(18)17-12-6-3-5-11(9-12)15(19)16-2/h3-10H,1-2H3,(H,16,19)(H,17,18)/t10-/m0/s1. The topological polar surface area (TPSA) is 58.2 Å². The fourth-order valence-electron chi connectivity index (χ4n) is 1.68. The molecule has 0 radical (unpaired) electrons. The van der Waals surface area contributed by atoms with Crippen LogP contribution >= 0.6 is 23.1 Å². The molecular weight excluding hydrogens is 304 g/mol. The third-order valence-electron chi connectivity index (χ3n) is 2.78. The van der Waals surface area contributed by atoms with Crippen molar-refractivity contribution in [2.24, 2.45) is 0 Å². The van der Waals surface area contributed by atoms with Crippen LogP contribution in [0.4, 0.5) is 5.69 Å². The minimum Gasteiger partial charge on any atom is -0.355 e.